The predicted molar refractivity (Wildman–Crippen MR) is 58.2 cm³/mol. The third-order valence-corrected chi connectivity index (χ3v) is 1.87. The van der Waals surface area contributed by atoms with Crippen molar-refractivity contribution in [1.82, 2.24) is 0 Å². The molecule has 0 aliphatic carbocycles. The van der Waals surface area contributed by atoms with E-state index in [4.69, 9.17) is 4.74 Å². The number of hydrogen-bond donors (Lipinski definition) is 0. The molecule has 84 valence electrons. The summed E-state index contributed by atoms with van der Waals surface area (Å²) in [5.41, 5.74) is 0.469. The molecule has 0 amide bonds. The van der Waals surface area contributed by atoms with Gasteiger partial charge < -0.3 is 9.47 Å². The summed E-state index contributed by atoms with van der Waals surface area (Å²) in [7, 11) is 1.27. The van der Waals surface area contributed by atoms with Crippen LogP contribution in [-0.2, 0) is 9.53 Å². The molecule has 0 heterocycles. The van der Waals surface area contributed by atoms with Crippen molar-refractivity contribution in [3.63, 3.8) is 0 Å². The number of rotatable bonds is 4. The molecule has 0 bridgehead atoms. The Hall–Kier alpha value is -2.10. The number of carbonyl (C=O) groups excluding carboxylic acids is 2. The molecular weight excluding hydrogens is 208 g/mol. The van der Waals surface area contributed by atoms with Crippen molar-refractivity contribution in [3.8, 4) is 5.75 Å². The summed E-state index contributed by atoms with van der Waals surface area (Å²) < 4.78 is 9.56. The number of esters is 1. The van der Waals surface area contributed by atoms with E-state index >= 15 is 0 Å². The van der Waals surface area contributed by atoms with Crippen LogP contribution in [0.15, 0.2) is 36.6 Å². The minimum absolute atomic E-state index is 0.0953. The van der Waals surface area contributed by atoms with Gasteiger partial charge in [-0.2, -0.15) is 0 Å². The highest BCUT2D eigenvalue weighted by molar-refractivity contribution is 5.96. The Labute approximate surface area is 93.5 Å². The Morgan fingerprint density at radius 1 is 1.25 bits per heavy atom. The van der Waals surface area contributed by atoms with E-state index in [-0.39, 0.29) is 5.78 Å². The van der Waals surface area contributed by atoms with Gasteiger partial charge in [-0.05, 0) is 19.1 Å². The monoisotopic (exact) mass is 220 g/mol. The summed E-state index contributed by atoms with van der Waals surface area (Å²) in [4.78, 5) is 22.0. The quantitative estimate of drug-likeness (QED) is 0.337. The van der Waals surface area contributed by atoms with Gasteiger partial charge in [0, 0.05) is 0 Å². The summed E-state index contributed by atoms with van der Waals surface area (Å²) in [5.74, 6) is -0.197. The van der Waals surface area contributed by atoms with E-state index in [1.165, 1.54) is 20.3 Å². The number of methoxy groups -OCH3 is 1. The first-order valence-corrected chi connectivity index (χ1v) is 4.66. The van der Waals surface area contributed by atoms with Crippen LogP contribution in [0.4, 0.5) is 0 Å². The van der Waals surface area contributed by atoms with Gasteiger partial charge in [-0.3, -0.25) is 4.79 Å². The zero-order valence-electron chi connectivity index (χ0n) is 9.10. The SMILES string of the molecule is COC(=O)/C=C/Oc1ccccc1C(C)=O. The van der Waals surface area contributed by atoms with Gasteiger partial charge in [-0.15, -0.1) is 0 Å². The lowest BCUT2D eigenvalue weighted by Crippen LogP contribution is -1.98. The Bertz CT molecular complexity index is 421. The van der Waals surface area contributed by atoms with Gasteiger partial charge in [0.2, 0.25) is 0 Å². The highest BCUT2D eigenvalue weighted by atomic mass is 16.5. The molecule has 4 nitrogen and oxygen atoms in total. The maximum Gasteiger partial charge on any atom is 0.333 e. The predicted octanol–water partition coefficient (Wildman–Crippen LogP) is 1.95. The van der Waals surface area contributed by atoms with Crippen molar-refractivity contribution in [2.75, 3.05) is 7.11 Å². The fraction of sp³-hybridized carbons (Fsp3) is 0.167. The Balaban J connectivity index is 2.77. The van der Waals surface area contributed by atoms with Crippen LogP contribution < -0.4 is 4.74 Å². The number of hydrogen-bond acceptors (Lipinski definition) is 4. The first-order valence-electron chi connectivity index (χ1n) is 4.66. The number of para-hydroxylation sites is 1. The molecule has 0 aliphatic rings. The van der Waals surface area contributed by atoms with Gasteiger partial charge >= 0.3 is 5.97 Å². The summed E-state index contributed by atoms with van der Waals surface area (Å²) in [6.45, 7) is 1.45. The van der Waals surface area contributed by atoms with Gasteiger partial charge in [-0.25, -0.2) is 4.79 Å². The van der Waals surface area contributed by atoms with Crippen molar-refractivity contribution in [2.24, 2.45) is 0 Å². The molecule has 1 rings (SSSR count). The average Bonchev–Trinajstić information content (AvgIpc) is 2.29. The van der Waals surface area contributed by atoms with Crippen LogP contribution in [0.1, 0.15) is 17.3 Å². The third-order valence-electron chi connectivity index (χ3n) is 1.87. The number of carbonyl (C=O) groups is 2. The molecule has 16 heavy (non-hydrogen) atoms. The van der Waals surface area contributed by atoms with Crippen molar-refractivity contribution in [1.29, 1.82) is 0 Å². The van der Waals surface area contributed by atoms with Crippen LogP contribution in [0.5, 0.6) is 5.75 Å². The minimum atomic E-state index is -0.514. The third kappa shape index (κ3) is 3.24. The summed E-state index contributed by atoms with van der Waals surface area (Å²) in [6.07, 6.45) is 2.32. The highest BCUT2D eigenvalue weighted by Gasteiger charge is 2.05. The maximum atomic E-state index is 11.2. The standard InChI is InChI=1S/C12H12O4/c1-9(13)10-5-3-4-6-11(10)16-8-7-12(14)15-2/h3-8H,1-2H3/b8-7+. The Kier molecular flexibility index (Phi) is 4.27. The van der Waals surface area contributed by atoms with Crippen molar-refractivity contribution in [3.05, 3.63) is 42.2 Å². The highest BCUT2D eigenvalue weighted by Crippen LogP contribution is 2.18. The molecule has 1 aromatic rings. The first-order chi connectivity index (χ1) is 7.65. The smallest absolute Gasteiger partial charge is 0.333 e. The van der Waals surface area contributed by atoms with Gasteiger partial charge in [-0.1, -0.05) is 12.1 Å². The second-order valence-corrected chi connectivity index (χ2v) is 3.00. The molecule has 0 aromatic heterocycles. The topological polar surface area (TPSA) is 52.6 Å². The minimum Gasteiger partial charge on any atom is -0.466 e. The molecule has 0 atom stereocenters. The zero-order chi connectivity index (χ0) is 12.0. The number of Topliss-reactive ketones (excluding diaryl/α,β-unsaturated/α-hetero) is 1. The van der Waals surface area contributed by atoms with E-state index in [2.05, 4.69) is 4.74 Å². The van der Waals surface area contributed by atoms with Gasteiger partial charge in [0.1, 0.15) is 5.75 Å². The number of ether oxygens (including phenoxy) is 2. The molecule has 0 aliphatic heterocycles. The lowest BCUT2D eigenvalue weighted by molar-refractivity contribution is -0.134. The van der Waals surface area contributed by atoms with E-state index in [0.29, 0.717) is 11.3 Å². The second kappa shape index (κ2) is 5.70. The van der Waals surface area contributed by atoms with E-state index < -0.39 is 5.97 Å². The summed E-state index contributed by atoms with van der Waals surface area (Å²) in [5, 5.41) is 0. The van der Waals surface area contributed by atoms with Crippen LogP contribution in [0.25, 0.3) is 0 Å². The first kappa shape index (κ1) is 12.0. The van der Waals surface area contributed by atoms with Crippen LogP contribution >= 0.6 is 0 Å². The van der Waals surface area contributed by atoms with Crippen molar-refractivity contribution >= 4 is 11.8 Å². The maximum absolute atomic E-state index is 11.2. The summed E-state index contributed by atoms with van der Waals surface area (Å²) in [6, 6.07) is 6.80. The fourth-order valence-electron chi connectivity index (χ4n) is 1.09. The van der Waals surface area contributed by atoms with Crippen LogP contribution in [0.2, 0.25) is 0 Å². The lowest BCUT2D eigenvalue weighted by Gasteiger charge is -2.04. The van der Waals surface area contributed by atoms with Crippen molar-refractivity contribution < 1.29 is 19.1 Å². The molecule has 1 aromatic carbocycles. The lowest BCUT2D eigenvalue weighted by atomic mass is 10.1. The molecule has 0 fully saturated rings. The van der Waals surface area contributed by atoms with E-state index in [1.807, 2.05) is 0 Å². The number of ketones is 1. The average molecular weight is 220 g/mol. The zero-order valence-corrected chi connectivity index (χ0v) is 9.10. The molecule has 4 heteroatoms. The Morgan fingerprint density at radius 3 is 2.56 bits per heavy atom. The largest absolute Gasteiger partial charge is 0.466 e. The van der Waals surface area contributed by atoms with E-state index in [0.717, 1.165) is 6.08 Å². The van der Waals surface area contributed by atoms with Crippen LogP contribution in [-0.4, -0.2) is 18.9 Å². The van der Waals surface area contributed by atoms with Crippen LogP contribution in [0, 0.1) is 0 Å². The van der Waals surface area contributed by atoms with Gasteiger partial charge in [0.15, 0.2) is 5.78 Å². The molecule has 0 saturated carbocycles. The molecule has 0 spiro atoms. The second-order valence-electron chi connectivity index (χ2n) is 3.00. The molecule has 0 radical (unpaired) electrons. The fourth-order valence-corrected chi connectivity index (χ4v) is 1.09. The number of benzene rings is 1. The normalized spacial score (nSPS) is 10.1. The van der Waals surface area contributed by atoms with E-state index in [9.17, 15) is 9.59 Å². The van der Waals surface area contributed by atoms with Gasteiger partial charge in [0.05, 0.1) is 25.0 Å². The van der Waals surface area contributed by atoms with E-state index in [1.54, 1.807) is 24.3 Å². The molecule has 0 N–H and O–H groups in total. The van der Waals surface area contributed by atoms with Gasteiger partial charge in [0.25, 0.3) is 0 Å². The van der Waals surface area contributed by atoms with Crippen LogP contribution in [0.3, 0.4) is 0 Å². The molecular formula is C12H12O4. The van der Waals surface area contributed by atoms with Crippen molar-refractivity contribution in [2.45, 2.75) is 6.92 Å². The Morgan fingerprint density at radius 2 is 1.94 bits per heavy atom. The molecule has 0 saturated heterocycles. The summed E-state index contributed by atoms with van der Waals surface area (Å²) >= 11 is 0. The molecule has 0 unspecified atom stereocenters.